The zero-order chi connectivity index (χ0) is 16.0. The van der Waals surface area contributed by atoms with Crippen molar-refractivity contribution in [3.63, 3.8) is 0 Å². The molecule has 0 aliphatic rings. The van der Waals surface area contributed by atoms with Crippen LogP contribution in [0.5, 0.6) is 17.2 Å². The molecular weight excluding hydrogens is 266 g/mol. The first-order valence-corrected chi connectivity index (χ1v) is 7.03. The maximum Gasteiger partial charge on any atom is 0.164 e. The van der Waals surface area contributed by atoms with Crippen LogP contribution in [0, 0.1) is 0 Å². The van der Waals surface area contributed by atoms with Gasteiger partial charge < -0.3 is 19.5 Å². The van der Waals surface area contributed by atoms with E-state index in [9.17, 15) is 0 Å². The number of methoxy groups -OCH3 is 3. The maximum atomic E-state index is 5.43. The third-order valence-electron chi connectivity index (χ3n) is 3.04. The first kappa shape index (κ1) is 17.4. The van der Waals surface area contributed by atoms with Crippen molar-refractivity contribution in [2.45, 2.75) is 33.2 Å². The molecule has 21 heavy (non-hydrogen) atoms. The lowest BCUT2D eigenvalue weighted by Crippen LogP contribution is -2.36. The van der Waals surface area contributed by atoms with Crippen LogP contribution in [0.3, 0.4) is 0 Å². The van der Waals surface area contributed by atoms with Gasteiger partial charge in [-0.3, -0.25) is 0 Å². The Hall–Kier alpha value is -1.68. The molecule has 0 aliphatic carbocycles. The van der Waals surface area contributed by atoms with E-state index in [1.165, 1.54) is 5.57 Å². The Labute approximate surface area is 128 Å². The van der Waals surface area contributed by atoms with Crippen LogP contribution in [0.25, 0.3) is 6.08 Å². The average molecular weight is 293 g/mol. The summed E-state index contributed by atoms with van der Waals surface area (Å²) in [6.07, 6.45) is 2.10. The second kappa shape index (κ2) is 7.36. The van der Waals surface area contributed by atoms with Crippen LogP contribution in [0.1, 0.15) is 33.3 Å². The van der Waals surface area contributed by atoms with Crippen molar-refractivity contribution in [3.05, 3.63) is 23.3 Å². The highest BCUT2D eigenvalue weighted by Gasteiger charge is 2.11. The molecule has 0 radical (unpaired) electrons. The zero-order valence-electron chi connectivity index (χ0n) is 14.2. The van der Waals surface area contributed by atoms with E-state index in [1.54, 1.807) is 21.3 Å². The minimum absolute atomic E-state index is 0.0940. The minimum Gasteiger partial charge on any atom is -0.496 e. The lowest BCUT2D eigenvalue weighted by atomic mass is 10.1. The van der Waals surface area contributed by atoms with E-state index in [-0.39, 0.29) is 5.54 Å². The highest BCUT2D eigenvalue weighted by Crippen LogP contribution is 2.35. The summed E-state index contributed by atoms with van der Waals surface area (Å²) in [5, 5.41) is 3.47. The smallest absolute Gasteiger partial charge is 0.164 e. The third-order valence-corrected chi connectivity index (χ3v) is 3.04. The van der Waals surface area contributed by atoms with E-state index in [0.717, 1.165) is 17.9 Å². The second-order valence-electron chi connectivity index (χ2n) is 6.04. The van der Waals surface area contributed by atoms with Crippen LogP contribution in [-0.4, -0.2) is 33.4 Å². The Kier molecular flexibility index (Phi) is 6.09. The number of ether oxygens (including phenoxy) is 3. The van der Waals surface area contributed by atoms with Crippen LogP contribution < -0.4 is 19.5 Å². The number of benzene rings is 1. The van der Waals surface area contributed by atoms with Crippen LogP contribution in [0.4, 0.5) is 0 Å². The molecule has 0 bridgehead atoms. The Morgan fingerprint density at radius 1 is 1.00 bits per heavy atom. The summed E-state index contributed by atoms with van der Waals surface area (Å²) >= 11 is 0. The fourth-order valence-corrected chi connectivity index (χ4v) is 1.89. The first-order valence-electron chi connectivity index (χ1n) is 7.03. The molecule has 1 aromatic carbocycles. The zero-order valence-corrected chi connectivity index (χ0v) is 14.2. The Morgan fingerprint density at radius 3 is 2.00 bits per heavy atom. The molecular formula is C17H27NO3. The van der Waals surface area contributed by atoms with Crippen LogP contribution in [-0.2, 0) is 0 Å². The molecule has 0 unspecified atom stereocenters. The highest BCUT2D eigenvalue weighted by atomic mass is 16.5. The Balaban J connectivity index is 3.05. The monoisotopic (exact) mass is 293 g/mol. The SMILES string of the molecule is COc1cc(OC)c(OC)cc1C=C(C)CNC(C)(C)C. The fourth-order valence-electron chi connectivity index (χ4n) is 1.89. The molecule has 1 aromatic rings. The summed E-state index contributed by atoms with van der Waals surface area (Å²) in [7, 11) is 4.90. The van der Waals surface area contributed by atoms with E-state index in [0.29, 0.717) is 11.5 Å². The number of rotatable bonds is 6. The molecule has 0 aromatic heterocycles. The van der Waals surface area contributed by atoms with Gasteiger partial charge in [0.05, 0.1) is 21.3 Å². The van der Waals surface area contributed by atoms with Gasteiger partial charge in [-0.05, 0) is 33.8 Å². The third kappa shape index (κ3) is 5.31. The lowest BCUT2D eigenvalue weighted by Gasteiger charge is -2.21. The van der Waals surface area contributed by atoms with Crippen LogP contribution in [0.15, 0.2) is 17.7 Å². The molecule has 1 N–H and O–H groups in total. The molecule has 118 valence electrons. The molecule has 0 aliphatic heterocycles. The molecule has 0 amide bonds. The van der Waals surface area contributed by atoms with E-state index >= 15 is 0 Å². The van der Waals surface area contributed by atoms with Crippen LogP contribution in [0.2, 0.25) is 0 Å². The normalized spacial score (nSPS) is 12.2. The van der Waals surface area contributed by atoms with E-state index in [1.807, 2.05) is 12.1 Å². The molecule has 0 fully saturated rings. The quantitative estimate of drug-likeness (QED) is 0.871. The van der Waals surface area contributed by atoms with Crippen LogP contribution >= 0.6 is 0 Å². The van der Waals surface area contributed by atoms with Gasteiger partial charge in [-0.15, -0.1) is 0 Å². The molecule has 4 heteroatoms. The van der Waals surface area contributed by atoms with E-state index in [2.05, 4.69) is 39.1 Å². The fraction of sp³-hybridized carbons (Fsp3) is 0.529. The number of hydrogen-bond acceptors (Lipinski definition) is 4. The first-order chi connectivity index (χ1) is 9.80. The van der Waals surface area contributed by atoms with Gasteiger partial charge in [-0.2, -0.15) is 0 Å². The predicted molar refractivity (Wildman–Crippen MR) is 87.5 cm³/mol. The summed E-state index contributed by atoms with van der Waals surface area (Å²) in [6.45, 7) is 9.36. The van der Waals surface area contributed by atoms with Gasteiger partial charge in [-0.1, -0.05) is 11.6 Å². The minimum atomic E-state index is 0.0940. The summed E-state index contributed by atoms with van der Waals surface area (Å²) in [4.78, 5) is 0. The maximum absolute atomic E-state index is 5.43. The average Bonchev–Trinajstić information content (AvgIpc) is 2.43. The molecule has 0 atom stereocenters. The molecule has 1 rings (SSSR count). The molecule has 4 nitrogen and oxygen atoms in total. The molecule has 0 spiro atoms. The second-order valence-corrected chi connectivity index (χ2v) is 6.04. The molecule has 0 heterocycles. The van der Waals surface area contributed by atoms with Crippen molar-refractivity contribution in [1.82, 2.24) is 5.32 Å². The predicted octanol–water partition coefficient (Wildman–Crippen LogP) is 3.50. The van der Waals surface area contributed by atoms with Crippen molar-refractivity contribution in [2.75, 3.05) is 27.9 Å². The topological polar surface area (TPSA) is 39.7 Å². The summed E-state index contributed by atoms with van der Waals surface area (Å²) in [5.74, 6) is 2.13. The van der Waals surface area contributed by atoms with Crippen molar-refractivity contribution >= 4 is 6.08 Å². The van der Waals surface area contributed by atoms with Gasteiger partial charge in [0.25, 0.3) is 0 Å². The van der Waals surface area contributed by atoms with Gasteiger partial charge >= 0.3 is 0 Å². The summed E-state index contributed by atoms with van der Waals surface area (Å²) in [5.41, 5.74) is 2.29. The van der Waals surface area contributed by atoms with E-state index in [4.69, 9.17) is 14.2 Å². The number of nitrogens with one attached hydrogen (secondary N) is 1. The lowest BCUT2D eigenvalue weighted by molar-refractivity contribution is 0.348. The summed E-state index contributed by atoms with van der Waals surface area (Å²) < 4.78 is 16.1. The van der Waals surface area contributed by atoms with E-state index < -0.39 is 0 Å². The van der Waals surface area contributed by atoms with Crippen molar-refractivity contribution in [3.8, 4) is 17.2 Å². The number of hydrogen-bond donors (Lipinski definition) is 1. The standard InChI is InChI=1S/C17H27NO3/c1-12(11-18-17(2,3)4)8-13-9-15(20-6)16(21-7)10-14(13)19-5/h8-10,18H,11H2,1-7H3. The highest BCUT2D eigenvalue weighted by molar-refractivity contribution is 5.65. The Morgan fingerprint density at radius 2 is 1.52 bits per heavy atom. The van der Waals surface area contributed by atoms with Crippen molar-refractivity contribution in [2.24, 2.45) is 0 Å². The summed E-state index contributed by atoms with van der Waals surface area (Å²) in [6, 6.07) is 3.77. The van der Waals surface area contributed by atoms with Gasteiger partial charge in [0.2, 0.25) is 0 Å². The van der Waals surface area contributed by atoms with Gasteiger partial charge in [-0.25, -0.2) is 0 Å². The van der Waals surface area contributed by atoms with Gasteiger partial charge in [0.15, 0.2) is 11.5 Å². The van der Waals surface area contributed by atoms with Gasteiger partial charge in [0, 0.05) is 23.7 Å². The van der Waals surface area contributed by atoms with Crippen molar-refractivity contribution in [1.29, 1.82) is 0 Å². The molecule has 0 saturated heterocycles. The van der Waals surface area contributed by atoms with Gasteiger partial charge in [0.1, 0.15) is 5.75 Å². The largest absolute Gasteiger partial charge is 0.496 e. The molecule has 0 saturated carbocycles. The van der Waals surface area contributed by atoms with Crippen molar-refractivity contribution < 1.29 is 14.2 Å². The Bertz CT molecular complexity index is 501.